The minimum atomic E-state index is -1.07. The van der Waals surface area contributed by atoms with Crippen LogP contribution in [0.15, 0.2) is 36.8 Å². The van der Waals surface area contributed by atoms with Gasteiger partial charge in [0.2, 0.25) is 0 Å². The van der Waals surface area contributed by atoms with Crippen molar-refractivity contribution >= 4 is 27.9 Å². The molecule has 2 fully saturated rings. The van der Waals surface area contributed by atoms with E-state index < -0.39 is 24.5 Å². The Bertz CT molecular complexity index is 1520. The number of imidazole rings is 1. The molecule has 0 bridgehead atoms. The molecule has 10 nitrogen and oxygen atoms in total. The molecule has 10 heteroatoms. The second-order valence-corrected chi connectivity index (χ2v) is 13.3. The van der Waals surface area contributed by atoms with E-state index in [1.54, 1.807) is 10.8 Å². The number of rotatable bonds is 8. The fourth-order valence-corrected chi connectivity index (χ4v) is 6.49. The van der Waals surface area contributed by atoms with Crippen LogP contribution >= 0.6 is 0 Å². The number of nitrogen functional groups attached to an aromatic ring is 1. The van der Waals surface area contributed by atoms with Crippen LogP contribution in [0.1, 0.15) is 71.5 Å². The summed E-state index contributed by atoms with van der Waals surface area (Å²) in [6.07, 6.45) is 4.11. The first-order chi connectivity index (χ1) is 19.5. The molecule has 0 amide bonds. The monoisotopic (exact) mass is 561 g/mol. The van der Waals surface area contributed by atoms with E-state index in [9.17, 15) is 10.2 Å². The number of aromatic nitrogens is 5. The zero-order valence-electron chi connectivity index (χ0n) is 24.7. The molecule has 220 valence electrons. The number of benzene rings is 1. The molecule has 3 aromatic heterocycles. The minimum absolute atomic E-state index is 0.106. The lowest BCUT2D eigenvalue weighted by atomic mass is 9.76. The summed E-state index contributed by atoms with van der Waals surface area (Å²) in [6, 6.07) is 9.08. The zero-order chi connectivity index (χ0) is 29.1. The van der Waals surface area contributed by atoms with Crippen molar-refractivity contribution in [3.05, 3.63) is 48.2 Å². The summed E-state index contributed by atoms with van der Waals surface area (Å²) in [5, 5.41) is 22.6. The summed E-state index contributed by atoms with van der Waals surface area (Å²) in [7, 11) is 0. The van der Waals surface area contributed by atoms with Crippen LogP contribution in [-0.4, -0.2) is 76.6 Å². The molecule has 0 unspecified atom stereocenters. The summed E-state index contributed by atoms with van der Waals surface area (Å²) in [4.78, 5) is 19.2. The highest BCUT2D eigenvalue weighted by molar-refractivity contribution is 5.86. The van der Waals surface area contributed by atoms with Crippen molar-refractivity contribution in [2.45, 2.75) is 102 Å². The average Bonchev–Trinajstić information content (AvgIpc) is 3.58. The van der Waals surface area contributed by atoms with E-state index in [-0.39, 0.29) is 5.41 Å². The van der Waals surface area contributed by atoms with Gasteiger partial charge in [-0.05, 0) is 68.2 Å². The van der Waals surface area contributed by atoms with Crippen molar-refractivity contribution in [2.24, 2.45) is 5.92 Å². The summed E-state index contributed by atoms with van der Waals surface area (Å²) in [5.41, 5.74) is 10.1. The van der Waals surface area contributed by atoms with Crippen molar-refractivity contribution in [3.63, 3.8) is 0 Å². The van der Waals surface area contributed by atoms with E-state index in [0.717, 1.165) is 42.5 Å². The van der Waals surface area contributed by atoms with E-state index in [1.807, 2.05) is 6.07 Å². The average molecular weight is 562 g/mol. The molecule has 0 radical (unpaired) electrons. The number of hydrogen-bond donors (Lipinski definition) is 4. The Hall–Kier alpha value is -3.05. The van der Waals surface area contributed by atoms with E-state index in [2.05, 4.69) is 72.7 Å². The molecular weight excluding hydrogens is 518 g/mol. The molecule has 1 saturated heterocycles. The number of nitrogens with one attached hydrogen (secondary N) is 1. The van der Waals surface area contributed by atoms with Gasteiger partial charge in [0.05, 0.1) is 16.4 Å². The quantitative estimate of drug-likeness (QED) is 0.254. The topological polar surface area (TPSA) is 138 Å². The summed E-state index contributed by atoms with van der Waals surface area (Å²) >= 11 is 0. The smallest absolute Gasteiger partial charge is 0.164 e. The Labute approximate surface area is 240 Å². The highest BCUT2D eigenvalue weighted by Crippen LogP contribution is 2.38. The first-order valence-corrected chi connectivity index (χ1v) is 14.8. The van der Waals surface area contributed by atoms with Crippen molar-refractivity contribution in [1.82, 2.24) is 29.4 Å². The Morgan fingerprint density at radius 3 is 2.66 bits per heavy atom. The number of nitrogens with two attached hydrogens (primary N) is 1. The number of aromatic amines is 1. The van der Waals surface area contributed by atoms with Crippen LogP contribution < -0.4 is 5.73 Å². The maximum absolute atomic E-state index is 11.0. The fraction of sp³-hybridized carbons (Fsp3) is 0.581. The number of fused-ring (bicyclic) bond motifs is 2. The Morgan fingerprint density at radius 2 is 1.93 bits per heavy atom. The molecule has 1 aromatic carbocycles. The first kappa shape index (κ1) is 28.1. The summed E-state index contributed by atoms with van der Waals surface area (Å²) < 4.78 is 8.01. The maximum atomic E-state index is 11.0. The molecule has 6 rings (SSSR count). The van der Waals surface area contributed by atoms with Crippen LogP contribution in [0.2, 0.25) is 0 Å². The Morgan fingerprint density at radius 1 is 1.15 bits per heavy atom. The van der Waals surface area contributed by atoms with Crippen LogP contribution in [-0.2, 0) is 16.6 Å². The molecule has 0 spiro atoms. The summed E-state index contributed by atoms with van der Waals surface area (Å²) in [5.74, 6) is 2.07. The maximum Gasteiger partial charge on any atom is 0.164 e. The predicted molar refractivity (Wildman–Crippen MR) is 159 cm³/mol. The van der Waals surface area contributed by atoms with Crippen LogP contribution in [0, 0.1) is 5.92 Å². The van der Waals surface area contributed by atoms with E-state index in [0.29, 0.717) is 41.4 Å². The molecule has 5 N–H and O–H groups in total. The minimum Gasteiger partial charge on any atom is -0.387 e. The van der Waals surface area contributed by atoms with Gasteiger partial charge in [0.1, 0.15) is 41.9 Å². The molecule has 4 heterocycles. The van der Waals surface area contributed by atoms with Gasteiger partial charge in [-0.2, -0.15) is 0 Å². The van der Waals surface area contributed by atoms with E-state index in [1.165, 1.54) is 11.9 Å². The SMILES string of the molecule is CC(C)N(C[C@H]1O[C@@H](n2ccc3c(N)ncnc32)[C@H](O)[C@@H]1O)[C@H]1C[C@H](CCc2nc3cc(C(C)(C)C)ccc3[nH]2)C1. The highest BCUT2D eigenvalue weighted by atomic mass is 16.6. The third kappa shape index (κ3) is 5.34. The number of H-pyrrole nitrogens is 1. The lowest BCUT2D eigenvalue weighted by Gasteiger charge is -2.46. The Kier molecular flexibility index (Phi) is 7.30. The number of ether oxygens (including phenoxy) is 1. The number of aryl methyl sites for hydroxylation is 1. The van der Waals surface area contributed by atoms with Gasteiger partial charge >= 0.3 is 0 Å². The van der Waals surface area contributed by atoms with Gasteiger partial charge in [0.15, 0.2) is 6.23 Å². The lowest BCUT2D eigenvalue weighted by molar-refractivity contribution is -0.0618. The fourth-order valence-electron chi connectivity index (χ4n) is 6.49. The molecular formula is C31H43N7O3. The predicted octanol–water partition coefficient (Wildman–Crippen LogP) is 3.93. The van der Waals surface area contributed by atoms with Gasteiger partial charge < -0.3 is 30.2 Å². The normalized spacial score (nSPS) is 27.0. The van der Waals surface area contributed by atoms with E-state index >= 15 is 0 Å². The number of aliphatic hydroxyl groups excluding tert-OH is 2. The lowest BCUT2D eigenvalue weighted by Crippen LogP contribution is -2.52. The molecule has 2 aliphatic rings. The number of aliphatic hydroxyl groups is 2. The van der Waals surface area contributed by atoms with Crippen molar-refractivity contribution in [1.29, 1.82) is 0 Å². The summed E-state index contributed by atoms with van der Waals surface area (Å²) in [6.45, 7) is 11.6. The molecule has 1 saturated carbocycles. The van der Waals surface area contributed by atoms with Gasteiger partial charge in [-0.3, -0.25) is 4.90 Å². The second kappa shape index (κ2) is 10.7. The van der Waals surface area contributed by atoms with Crippen LogP contribution in [0.5, 0.6) is 0 Å². The number of nitrogens with zero attached hydrogens (tertiary/aromatic N) is 5. The van der Waals surface area contributed by atoms with Gasteiger partial charge in [0.25, 0.3) is 0 Å². The van der Waals surface area contributed by atoms with Crippen LogP contribution in [0.3, 0.4) is 0 Å². The Balaban J connectivity index is 1.06. The van der Waals surface area contributed by atoms with Crippen molar-refractivity contribution in [2.75, 3.05) is 12.3 Å². The van der Waals surface area contributed by atoms with Gasteiger partial charge in [-0.1, -0.05) is 26.8 Å². The first-order valence-electron chi connectivity index (χ1n) is 14.8. The van der Waals surface area contributed by atoms with Crippen LogP contribution in [0.25, 0.3) is 22.1 Å². The van der Waals surface area contributed by atoms with E-state index in [4.69, 9.17) is 15.5 Å². The van der Waals surface area contributed by atoms with Gasteiger partial charge in [-0.25, -0.2) is 15.0 Å². The largest absolute Gasteiger partial charge is 0.387 e. The number of hydrogen-bond acceptors (Lipinski definition) is 8. The van der Waals surface area contributed by atoms with Gasteiger partial charge in [0, 0.05) is 31.2 Å². The standard InChI is InChI=1S/C31H43N7O3/c1-17(2)38(15-24-26(39)27(40)30(41-24)37-11-10-21-28(32)33-16-34-29(21)37)20-12-18(13-20)6-9-25-35-22-8-7-19(31(3,4)5)14-23(22)36-25/h7-8,10-11,14,16-18,20,24,26-27,30,39-40H,6,9,12-13,15H2,1-5H3,(H,35,36)(H2,32,33,34)/t18-,20-,24-,26-,27-,30-/m1/s1. The van der Waals surface area contributed by atoms with Crippen molar-refractivity contribution < 1.29 is 14.9 Å². The molecule has 1 aliphatic carbocycles. The zero-order valence-corrected chi connectivity index (χ0v) is 24.7. The molecule has 4 atom stereocenters. The molecule has 41 heavy (non-hydrogen) atoms. The molecule has 1 aliphatic heterocycles. The third-order valence-corrected chi connectivity index (χ3v) is 9.07. The second-order valence-electron chi connectivity index (χ2n) is 13.3. The van der Waals surface area contributed by atoms with Gasteiger partial charge in [-0.15, -0.1) is 0 Å². The third-order valence-electron chi connectivity index (χ3n) is 9.07. The van der Waals surface area contributed by atoms with Crippen molar-refractivity contribution in [3.8, 4) is 0 Å². The highest BCUT2D eigenvalue weighted by Gasteiger charge is 2.46. The molecule has 4 aromatic rings. The van der Waals surface area contributed by atoms with Crippen LogP contribution in [0.4, 0.5) is 5.82 Å². The number of anilines is 1.